The van der Waals surface area contributed by atoms with Crippen molar-refractivity contribution in [3.63, 3.8) is 0 Å². The Balaban J connectivity index is 0.00000139. The van der Waals surface area contributed by atoms with Crippen molar-refractivity contribution in [1.82, 2.24) is 0 Å². The second-order valence-electron chi connectivity index (χ2n) is 8.11. The van der Waals surface area contributed by atoms with Crippen molar-refractivity contribution in [2.24, 2.45) is 5.41 Å². The van der Waals surface area contributed by atoms with Crippen LogP contribution in [0.25, 0.3) is 0 Å². The molecule has 0 amide bonds. The summed E-state index contributed by atoms with van der Waals surface area (Å²) in [5.74, 6) is 0.220. The van der Waals surface area contributed by atoms with Crippen molar-refractivity contribution in [1.29, 1.82) is 0 Å². The van der Waals surface area contributed by atoms with Gasteiger partial charge in [0, 0.05) is 0 Å². The summed E-state index contributed by atoms with van der Waals surface area (Å²) in [6.07, 6.45) is 5.54. The fraction of sp³-hybridized carbons (Fsp3) is 0.682. The van der Waals surface area contributed by atoms with Crippen LogP contribution in [0.5, 0.6) is 0 Å². The van der Waals surface area contributed by atoms with Crippen LogP contribution in [0.3, 0.4) is 0 Å². The molecule has 0 saturated heterocycles. The van der Waals surface area contributed by atoms with Crippen molar-refractivity contribution in [2.75, 3.05) is 0 Å². The van der Waals surface area contributed by atoms with Crippen LogP contribution in [0.4, 0.5) is 0 Å². The molecule has 1 fully saturated rings. The zero-order valence-electron chi connectivity index (χ0n) is 16.7. The van der Waals surface area contributed by atoms with Gasteiger partial charge in [-0.25, -0.2) is 4.79 Å². The van der Waals surface area contributed by atoms with Gasteiger partial charge in [-0.15, -0.1) is 0 Å². The summed E-state index contributed by atoms with van der Waals surface area (Å²) >= 11 is 0. The van der Waals surface area contributed by atoms with Gasteiger partial charge in [0.05, 0.1) is 5.56 Å². The molecule has 1 unspecified atom stereocenters. The molecule has 24 heavy (non-hydrogen) atoms. The lowest BCUT2D eigenvalue weighted by molar-refractivity contribution is -0.0269. The molecule has 2 heteroatoms. The minimum Gasteiger partial charge on any atom is -0.456 e. The number of hydrogen-bond acceptors (Lipinski definition) is 2. The van der Waals surface area contributed by atoms with Gasteiger partial charge in [-0.3, -0.25) is 0 Å². The second-order valence-corrected chi connectivity index (χ2v) is 8.11. The predicted molar refractivity (Wildman–Crippen MR) is 103 cm³/mol. The predicted octanol–water partition coefficient (Wildman–Crippen LogP) is 6.74. The fourth-order valence-corrected chi connectivity index (χ4v) is 3.12. The minimum absolute atomic E-state index is 0.174. The molecule has 0 aromatic heterocycles. The summed E-state index contributed by atoms with van der Waals surface area (Å²) in [4.78, 5) is 12.5. The molecule has 136 valence electrons. The third kappa shape index (κ3) is 5.65. The maximum atomic E-state index is 12.5. The van der Waals surface area contributed by atoms with Crippen molar-refractivity contribution in [2.45, 2.75) is 92.1 Å². The maximum Gasteiger partial charge on any atom is 0.338 e. The van der Waals surface area contributed by atoms with E-state index in [2.05, 4.69) is 40.7 Å². The molecule has 1 aromatic carbocycles. The van der Waals surface area contributed by atoms with Gasteiger partial charge in [0.15, 0.2) is 0 Å². The van der Waals surface area contributed by atoms with Gasteiger partial charge in [-0.2, -0.15) is 0 Å². The summed E-state index contributed by atoms with van der Waals surface area (Å²) in [6.45, 7) is 15.0. The van der Waals surface area contributed by atoms with Gasteiger partial charge in [0.2, 0.25) is 0 Å². The van der Waals surface area contributed by atoms with Crippen molar-refractivity contribution >= 4 is 5.97 Å². The fourth-order valence-electron chi connectivity index (χ4n) is 3.12. The van der Waals surface area contributed by atoms with Crippen LogP contribution >= 0.6 is 0 Å². The van der Waals surface area contributed by atoms with E-state index in [-0.39, 0.29) is 17.0 Å². The number of carbonyl (C=O) groups excluding carboxylic acids is 1. The lowest BCUT2D eigenvalue weighted by atomic mass is 9.77. The Morgan fingerprint density at radius 1 is 1.12 bits per heavy atom. The Labute approximate surface area is 149 Å². The number of hydrogen-bond donors (Lipinski definition) is 0. The molecule has 0 heterocycles. The SMILES string of the molecule is CC.CC(c1cccc(C(=O)OC2(C)CCCCC2)c1)C(C)(C)C. The van der Waals surface area contributed by atoms with Crippen LogP contribution < -0.4 is 0 Å². The quantitative estimate of drug-likeness (QED) is 0.573. The van der Waals surface area contributed by atoms with Crippen LogP contribution in [0.2, 0.25) is 0 Å². The van der Waals surface area contributed by atoms with E-state index in [1.807, 2.05) is 32.0 Å². The first kappa shape index (κ1) is 20.7. The third-order valence-corrected chi connectivity index (χ3v) is 5.17. The second kappa shape index (κ2) is 8.69. The van der Waals surface area contributed by atoms with Gasteiger partial charge < -0.3 is 4.74 Å². The summed E-state index contributed by atoms with van der Waals surface area (Å²) < 4.78 is 5.85. The molecule has 1 aliphatic rings. The molecule has 1 atom stereocenters. The molecular weight excluding hydrogens is 296 g/mol. The summed E-state index contributed by atoms with van der Waals surface area (Å²) in [6, 6.07) is 7.95. The van der Waals surface area contributed by atoms with Gasteiger partial charge >= 0.3 is 5.97 Å². The highest BCUT2D eigenvalue weighted by Gasteiger charge is 2.31. The summed E-state index contributed by atoms with van der Waals surface area (Å²) in [5.41, 5.74) is 1.79. The highest BCUT2D eigenvalue weighted by molar-refractivity contribution is 5.90. The number of benzene rings is 1. The Bertz CT molecular complexity index is 519. The van der Waals surface area contributed by atoms with Gasteiger partial charge in [-0.05, 0) is 61.6 Å². The van der Waals surface area contributed by atoms with E-state index in [1.165, 1.54) is 12.0 Å². The lowest BCUT2D eigenvalue weighted by Crippen LogP contribution is -2.34. The summed E-state index contributed by atoms with van der Waals surface area (Å²) in [5, 5.41) is 0. The van der Waals surface area contributed by atoms with Crippen molar-refractivity contribution in [3.05, 3.63) is 35.4 Å². The Morgan fingerprint density at radius 3 is 2.25 bits per heavy atom. The van der Waals surface area contributed by atoms with E-state index in [9.17, 15) is 4.79 Å². The van der Waals surface area contributed by atoms with Gasteiger partial charge in [-0.1, -0.05) is 60.1 Å². The van der Waals surface area contributed by atoms with Gasteiger partial charge in [0.1, 0.15) is 5.60 Å². The smallest absolute Gasteiger partial charge is 0.338 e. The van der Waals surface area contributed by atoms with E-state index in [0.29, 0.717) is 11.5 Å². The molecule has 0 radical (unpaired) electrons. The molecule has 2 nitrogen and oxygen atoms in total. The van der Waals surface area contributed by atoms with E-state index in [0.717, 1.165) is 25.7 Å². The van der Waals surface area contributed by atoms with Crippen LogP contribution in [-0.2, 0) is 4.74 Å². The third-order valence-electron chi connectivity index (χ3n) is 5.17. The first-order valence-corrected chi connectivity index (χ1v) is 9.55. The molecule has 0 bridgehead atoms. The number of carbonyl (C=O) groups is 1. The van der Waals surface area contributed by atoms with E-state index in [4.69, 9.17) is 4.74 Å². The zero-order valence-corrected chi connectivity index (χ0v) is 16.7. The number of rotatable bonds is 3. The molecular formula is C22H36O2. The molecule has 2 rings (SSSR count). The van der Waals surface area contributed by atoms with Gasteiger partial charge in [0.25, 0.3) is 0 Å². The highest BCUT2D eigenvalue weighted by Crippen LogP contribution is 2.35. The zero-order chi connectivity index (χ0) is 18.4. The van der Waals surface area contributed by atoms with E-state index in [1.54, 1.807) is 0 Å². The van der Waals surface area contributed by atoms with Crippen LogP contribution in [0, 0.1) is 5.41 Å². The normalized spacial score (nSPS) is 18.1. The largest absolute Gasteiger partial charge is 0.456 e. The van der Waals surface area contributed by atoms with Crippen LogP contribution in [0.1, 0.15) is 102 Å². The monoisotopic (exact) mass is 332 g/mol. The first-order chi connectivity index (χ1) is 11.2. The average molecular weight is 333 g/mol. The molecule has 1 saturated carbocycles. The molecule has 1 aromatic rings. The van der Waals surface area contributed by atoms with Crippen molar-refractivity contribution in [3.8, 4) is 0 Å². The molecule has 1 aliphatic carbocycles. The average Bonchev–Trinajstić information content (AvgIpc) is 2.55. The van der Waals surface area contributed by atoms with Crippen molar-refractivity contribution < 1.29 is 9.53 Å². The first-order valence-electron chi connectivity index (χ1n) is 9.55. The van der Waals surface area contributed by atoms with E-state index >= 15 is 0 Å². The Morgan fingerprint density at radius 2 is 1.71 bits per heavy atom. The molecule has 0 aliphatic heterocycles. The number of esters is 1. The number of ether oxygens (including phenoxy) is 1. The molecule has 0 N–H and O–H groups in total. The van der Waals surface area contributed by atoms with Crippen LogP contribution in [-0.4, -0.2) is 11.6 Å². The topological polar surface area (TPSA) is 26.3 Å². The molecule has 0 spiro atoms. The standard InChI is InChI=1S/C20H30O2.C2H6/c1-15(19(2,3)4)16-10-9-11-17(14-16)18(21)22-20(5)12-7-6-8-13-20;1-2/h9-11,14-15H,6-8,12-13H2,1-5H3;1-2H3. The van der Waals surface area contributed by atoms with E-state index < -0.39 is 0 Å². The highest BCUT2D eigenvalue weighted by atomic mass is 16.6. The van der Waals surface area contributed by atoms with Crippen LogP contribution in [0.15, 0.2) is 24.3 Å². The minimum atomic E-state index is -0.277. The Hall–Kier alpha value is -1.31. The Kier molecular flexibility index (Phi) is 7.51. The maximum absolute atomic E-state index is 12.5. The lowest BCUT2D eigenvalue weighted by Gasteiger charge is -2.33. The summed E-state index contributed by atoms with van der Waals surface area (Å²) in [7, 11) is 0.